The lowest BCUT2D eigenvalue weighted by molar-refractivity contribution is 0.950. The minimum absolute atomic E-state index is 0.493. The highest BCUT2D eigenvalue weighted by molar-refractivity contribution is 5.73. The van der Waals surface area contributed by atoms with E-state index in [9.17, 15) is 0 Å². The molecule has 0 saturated heterocycles. The van der Waals surface area contributed by atoms with Gasteiger partial charge in [-0.3, -0.25) is 0 Å². The molecule has 1 aromatic carbocycles. The van der Waals surface area contributed by atoms with Gasteiger partial charge in [-0.15, -0.1) is 10.2 Å². The normalized spacial score (nSPS) is 10.4. The van der Waals surface area contributed by atoms with E-state index in [1.54, 1.807) is 6.20 Å². The lowest BCUT2D eigenvalue weighted by Gasteiger charge is -2.03. The number of hydrogen-bond donors (Lipinski definition) is 1. The Morgan fingerprint density at radius 1 is 1.00 bits per heavy atom. The highest BCUT2D eigenvalue weighted by Gasteiger charge is 2.00. The molecule has 88 valence electrons. The molecule has 18 heavy (non-hydrogen) atoms. The fraction of sp³-hybridized carbons (Fsp3) is 0.0833. The van der Waals surface area contributed by atoms with Crippen LogP contribution in [0.2, 0.25) is 0 Å². The van der Waals surface area contributed by atoms with Gasteiger partial charge in [0.15, 0.2) is 0 Å². The topological polar surface area (TPSA) is 76.5 Å². The Morgan fingerprint density at radius 2 is 1.89 bits per heavy atom. The number of anilines is 1. The maximum Gasteiger partial charge on any atom is 0.243 e. The lowest BCUT2D eigenvalue weighted by Crippen LogP contribution is -2.06. The molecule has 2 aromatic heterocycles. The third kappa shape index (κ3) is 2.22. The molecule has 0 aliphatic carbocycles. The number of aromatic nitrogens is 5. The molecule has 0 aliphatic heterocycles. The summed E-state index contributed by atoms with van der Waals surface area (Å²) in [4.78, 5) is 12.3. The van der Waals surface area contributed by atoms with Crippen LogP contribution < -0.4 is 5.32 Å². The van der Waals surface area contributed by atoms with Gasteiger partial charge in [-0.05, 0) is 18.2 Å². The number of nitrogens with one attached hydrogen (secondary N) is 1. The SMILES string of the molecule is c1ccc2nc(NCc3ccncn3)nnc2c1. The minimum atomic E-state index is 0.493. The van der Waals surface area contributed by atoms with Crippen LogP contribution in [0.5, 0.6) is 0 Å². The lowest BCUT2D eigenvalue weighted by atomic mass is 10.3. The van der Waals surface area contributed by atoms with Crippen molar-refractivity contribution in [1.82, 2.24) is 25.1 Å². The Bertz CT molecular complexity index is 655. The van der Waals surface area contributed by atoms with Gasteiger partial charge in [0.1, 0.15) is 11.8 Å². The Balaban J connectivity index is 1.79. The standard InChI is InChI=1S/C12H10N6/c1-2-4-11-10(3-1)16-12(18-17-11)14-7-9-5-6-13-8-15-9/h1-6,8H,7H2,(H,14,16,18). The summed E-state index contributed by atoms with van der Waals surface area (Å²) in [6.45, 7) is 0.544. The van der Waals surface area contributed by atoms with Crippen LogP contribution in [0.3, 0.4) is 0 Å². The van der Waals surface area contributed by atoms with E-state index in [1.807, 2.05) is 30.3 Å². The molecular formula is C12H10N6. The van der Waals surface area contributed by atoms with Crippen LogP contribution in [0.4, 0.5) is 5.95 Å². The fourth-order valence-electron chi connectivity index (χ4n) is 1.55. The number of benzene rings is 1. The average Bonchev–Trinajstić information content (AvgIpc) is 2.46. The largest absolute Gasteiger partial charge is 0.347 e. The average molecular weight is 238 g/mol. The van der Waals surface area contributed by atoms with E-state index in [0.717, 1.165) is 16.7 Å². The maximum atomic E-state index is 4.36. The predicted molar refractivity (Wildman–Crippen MR) is 66.7 cm³/mol. The predicted octanol–water partition coefficient (Wildman–Crippen LogP) is 1.43. The third-order valence-corrected chi connectivity index (χ3v) is 2.43. The second kappa shape index (κ2) is 4.70. The van der Waals surface area contributed by atoms with E-state index >= 15 is 0 Å². The first kappa shape index (κ1) is 10.5. The van der Waals surface area contributed by atoms with Gasteiger partial charge in [0, 0.05) is 6.20 Å². The van der Waals surface area contributed by atoms with Gasteiger partial charge in [-0.2, -0.15) is 0 Å². The summed E-state index contributed by atoms with van der Waals surface area (Å²) in [5.74, 6) is 0.493. The molecule has 0 aliphatic rings. The first-order valence-corrected chi connectivity index (χ1v) is 5.50. The number of para-hydroxylation sites is 1. The van der Waals surface area contributed by atoms with Crippen molar-refractivity contribution in [2.45, 2.75) is 6.54 Å². The molecule has 3 rings (SSSR count). The number of fused-ring (bicyclic) bond motifs is 1. The van der Waals surface area contributed by atoms with Crippen molar-refractivity contribution >= 4 is 17.0 Å². The smallest absolute Gasteiger partial charge is 0.243 e. The Morgan fingerprint density at radius 3 is 2.72 bits per heavy atom. The van der Waals surface area contributed by atoms with Crippen LogP contribution in [0.15, 0.2) is 42.9 Å². The molecule has 0 atom stereocenters. The van der Waals surface area contributed by atoms with Crippen LogP contribution in [-0.2, 0) is 6.54 Å². The van der Waals surface area contributed by atoms with E-state index in [2.05, 4.69) is 30.5 Å². The number of nitrogens with zero attached hydrogens (tertiary/aromatic N) is 5. The monoisotopic (exact) mass is 238 g/mol. The minimum Gasteiger partial charge on any atom is -0.347 e. The molecule has 0 unspecified atom stereocenters. The van der Waals surface area contributed by atoms with Gasteiger partial charge in [0.05, 0.1) is 17.8 Å². The van der Waals surface area contributed by atoms with Crippen LogP contribution in [0.1, 0.15) is 5.69 Å². The van der Waals surface area contributed by atoms with Gasteiger partial charge < -0.3 is 5.32 Å². The molecular weight excluding hydrogens is 228 g/mol. The first-order chi connectivity index (χ1) is 8.92. The molecule has 0 amide bonds. The molecule has 6 heteroatoms. The van der Waals surface area contributed by atoms with Gasteiger partial charge in [-0.1, -0.05) is 12.1 Å². The molecule has 0 radical (unpaired) electrons. The highest BCUT2D eigenvalue weighted by atomic mass is 15.2. The summed E-state index contributed by atoms with van der Waals surface area (Å²) in [6.07, 6.45) is 3.21. The maximum absolute atomic E-state index is 4.36. The van der Waals surface area contributed by atoms with Crippen molar-refractivity contribution in [3.8, 4) is 0 Å². The van der Waals surface area contributed by atoms with E-state index in [-0.39, 0.29) is 0 Å². The molecule has 1 N–H and O–H groups in total. The van der Waals surface area contributed by atoms with Crippen molar-refractivity contribution < 1.29 is 0 Å². The number of rotatable bonds is 3. The van der Waals surface area contributed by atoms with E-state index in [1.165, 1.54) is 6.33 Å². The zero-order valence-electron chi connectivity index (χ0n) is 9.48. The van der Waals surface area contributed by atoms with Gasteiger partial charge >= 0.3 is 0 Å². The van der Waals surface area contributed by atoms with Crippen molar-refractivity contribution in [2.24, 2.45) is 0 Å². The molecule has 0 spiro atoms. The van der Waals surface area contributed by atoms with E-state index in [4.69, 9.17) is 0 Å². The summed E-state index contributed by atoms with van der Waals surface area (Å²) in [5, 5.41) is 11.2. The molecule has 0 saturated carbocycles. The van der Waals surface area contributed by atoms with Gasteiger partial charge in [0.2, 0.25) is 5.95 Å². The van der Waals surface area contributed by atoms with Crippen molar-refractivity contribution in [2.75, 3.05) is 5.32 Å². The summed E-state index contributed by atoms with van der Waals surface area (Å²) < 4.78 is 0. The van der Waals surface area contributed by atoms with Crippen LogP contribution in [-0.4, -0.2) is 25.1 Å². The van der Waals surface area contributed by atoms with E-state index < -0.39 is 0 Å². The summed E-state index contributed by atoms with van der Waals surface area (Å²) in [7, 11) is 0. The zero-order valence-corrected chi connectivity index (χ0v) is 9.48. The molecule has 2 heterocycles. The molecule has 3 aromatic rings. The molecule has 0 bridgehead atoms. The Labute approximate surface area is 103 Å². The highest BCUT2D eigenvalue weighted by Crippen LogP contribution is 2.09. The molecule has 0 fully saturated rings. The Kier molecular flexibility index (Phi) is 2.75. The van der Waals surface area contributed by atoms with Crippen molar-refractivity contribution in [1.29, 1.82) is 0 Å². The van der Waals surface area contributed by atoms with Gasteiger partial charge in [0.25, 0.3) is 0 Å². The first-order valence-electron chi connectivity index (χ1n) is 5.50. The summed E-state index contributed by atoms with van der Waals surface area (Å²) in [6, 6.07) is 9.45. The van der Waals surface area contributed by atoms with Crippen LogP contribution >= 0.6 is 0 Å². The van der Waals surface area contributed by atoms with Crippen LogP contribution in [0.25, 0.3) is 11.0 Å². The second-order valence-electron chi connectivity index (χ2n) is 3.68. The fourth-order valence-corrected chi connectivity index (χ4v) is 1.55. The zero-order chi connectivity index (χ0) is 12.2. The van der Waals surface area contributed by atoms with Crippen LogP contribution in [0, 0.1) is 0 Å². The van der Waals surface area contributed by atoms with Gasteiger partial charge in [-0.25, -0.2) is 15.0 Å². The third-order valence-electron chi connectivity index (χ3n) is 2.43. The van der Waals surface area contributed by atoms with E-state index in [0.29, 0.717) is 12.5 Å². The van der Waals surface area contributed by atoms with Crippen molar-refractivity contribution in [3.05, 3.63) is 48.5 Å². The summed E-state index contributed by atoms with van der Waals surface area (Å²) in [5.41, 5.74) is 2.48. The number of hydrogen-bond acceptors (Lipinski definition) is 6. The van der Waals surface area contributed by atoms with Crippen molar-refractivity contribution in [3.63, 3.8) is 0 Å². The quantitative estimate of drug-likeness (QED) is 0.743. The molecule has 6 nitrogen and oxygen atoms in total. The second-order valence-corrected chi connectivity index (χ2v) is 3.68. The summed E-state index contributed by atoms with van der Waals surface area (Å²) >= 11 is 0. The Hall–Kier alpha value is -2.63.